The van der Waals surface area contributed by atoms with Crippen molar-refractivity contribution in [1.82, 2.24) is 0 Å². The summed E-state index contributed by atoms with van der Waals surface area (Å²) in [7, 11) is 0. The number of benzene rings is 12. The molecular weight excluding hydrogens is 773 g/mol. The van der Waals surface area contributed by atoms with Gasteiger partial charge in [-0.05, 0) is 145 Å². The van der Waals surface area contributed by atoms with Crippen LogP contribution in [0.15, 0.2) is 218 Å². The normalized spacial score (nSPS) is 13.7. The van der Waals surface area contributed by atoms with Gasteiger partial charge in [-0.25, -0.2) is 0 Å². The molecule has 1 aliphatic heterocycles. The molecule has 2 heteroatoms. The molecule has 0 radical (unpaired) electrons. The zero-order valence-corrected chi connectivity index (χ0v) is 34.8. The Bertz CT molecular complexity index is 3910. The van der Waals surface area contributed by atoms with Gasteiger partial charge in [0.15, 0.2) is 0 Å². The van der Waals surface area contributed by atoms with Crippen molar-refractivity contribution in [2.75, 3.05) is 5.32 Å². The van der Waals surface area contributed by atoms with Gasteiger partial charge in [0.2, 0.25) is 0 Å². The van der Waals surface area contributed by atoms with Crippen LogP contribution in [-0.2, 0) is 0 Å². The van der Waals surface area contributed by atoms with Crippen molar-refractivity contribution < 1.29 is 0 Å². The first-order valence-electron chi connectivity index (χ1n) is 22.0. The topological polar surface area (TPSA) is 35.8 Å². The lowest BCUT2D eigenvalue weighted by Crippen LogP contribution is -2.16. The first-order valence-corrected chi connectivity index (χ1v) is 22.0. The summed E-state index contributed by atoms with van der Waals surface area (Å²) in [6.45, 7) is 0. The smallest absolute Gasteiger partial charge is 0.0991 e. The molecule has 1 atom stereocenters. The van der Waals surface area contributed by atoms with Crippen LogP contribution >= 0.6 is 0 Å². The highest BCUT2D eigenvalue weighted by atomic mass is 14.9. The number of nitrogens with one attached hydrogen (secondary N) is 1. The lowest BCUT2D eigenvalue weighted by atomic mass is 9.83. The van der Waals surface area contributed by atoms with Crippen LogP contribution in [0.5, 0.6) is 0 Å². The molecule has 0 amide bonds. The minimum absolute atomic E-state index is 0.0927. The molecule has 0 saturated heterocycles. The first kappa shape index (κ1) is 36.2. The molecule has 12 aromatic rings. The summed E-state index contributed by atoms with van der Waals surface area (Å²) in [5.41, 5.74) is 11.1. The van der Waals surface area contributed by atoms with Crippen LogP contribution < -0.4 is 5.32 Å². The molecule has 1 N–H and O–H groups in total. The molecule has 296 valence electrons. The number of fused-ring (bicyclic) bond motifs is 15. The minimum Gasteiger partial charge on any atom is -0.374 e. The second kappa shape index (κ2) is 14.3. The van der Waals surface area contributed by atoms with Gasteiger partial charge in [-0.3, -0.25) is 0 Å². The highest BCUT2D eigenvalue weighted by Crippen LogP contribution is 2.48. The maximum Gasteiger partial charge on any atom is 0.0991 e. The number of hydrogen-bond acceptors (Lipinski definition) is 2. The maximum atomic E-state index is 9.43. The molecule has 1 aliphatic rings. The Kier molecular flexibility index (Phi) is 8.07. The van der Waals surface area contributed by atoms with Gasteiger partial charge >= 0.3 is 0 Å². The van der Waals surface area contributed by atoms with Gasteiger partial charge in [0.25, 0.3) is 0 Å². The van der Waals surface area contributed by atoms with Gasteiger partial charge in [0.05, 0.1) is 23.4 Å². The van der Waals surface area contributed by atoms with Crippen molar-refractivity contribution in [2.24, 2.45) is 0 Å². The molecular formula is C62H38N2. The van der Waals surface area contributed by atoms with Crippen molar-refractivity contribution in [3.63, 3.8) is 0 Å². The molecule has 13 rings (SSSR count). The van der Waals surface area contributed by atoms with Crippen molar-refractivity contribution in [2.45, 2.75) is 6.04 Å². The van der Waals surface area contributed by atoms with Crippen molar-refractivity contribution in [1.29, 1.82) is 5.26 Å². The maximum absolute atomic E-state index is 9.43. The quantitative estimate of drug-likeness (QED) is 0.180. The van der Waals surface area contributed by atoms with Gasteiger partial charge in [-0.15, -0.1) is 0 Å². The van der Waals surface area contributed by atoms with E-state index in [1.807, 2.05) is 24.3 Å². The van der Waals surface area contributed by atoms with Crippen molar-refractivity contribution in [3.8, 4) is 28.3 Å². The van der Waals surface area contributed by atoms with Gasteiger partial charge in [0, 0.05) is 10.9 Å². The largest absolute Gasteiger partial charge is 0.374 e. The van der Waals surface area contributed by atoms with Crippen LogP contribution in [0.2, 0.25) is 0 Å². The molecule has 64 heavy (non-hydrogen) atoms. The molecule has 0 saturated carbocycles. The van der Waals surface area contributed by atoms with E-state index in [4.69, 9.17) is 0 Å². The lowest BCUT2D eigenvalue weighted by molar-refractivity contribution is 0.979. The van der Waals surface area contributed by atoms with Gasteiger partial charge < -0.3 is 5.32 Å². The number of hydrogen-bond donors (Lipinski definition) is 1. The standard InChI is InChI=1S/C62H38N2/c63-37-38-21-23-39(24-22-38)40-25-27-41(28-26-40)57-36-61(43-30-32-54-49-16-4-2-12-45(49)47-14-6-8-18-51(47)59(54)34-43)64-62-55-20-10-9-19-52(55)56(35-60(57)62)42-29-31-53-48-15-3-1-11-44(48)46-13-5-7-17-50(46)58(53)33-42/h1-36,61,64H. The summed E-state index contributed by atoms with van der Waals surface area (Å²) in [4.78, 5) is 0. The van der Waals surface area contributed by atoms with E-state index >= 15 is 0 Å². The summed E-state index contributed by atoms with van der Waals surface area (Å²) in [5.74, 6) is 0. The number of anilines is 1. The third-order valence-corrected chi connectivity index (χ3v) is 13.7. The molecule has 0 spiro atoms. The Morgan fingerprint density at radius 1 is 0.328 bits per heavy atom. The van der Waals surface area contributed by atoms with Crippen LogP contribution in [-0.4, -0.2) is 0 Å². The summed E-state index contributed by atoms with van der Waals surface area (Å²) >= 11 is 0. The molecule has 1 unspecified atom stereocenters. The summed E-state index contributed by atoms with van der Waals surface area (Å²) in [6.07, 6.45) is 2.43. The second-order valence-corrected chi connectivity index (χ2v) is 17.1. The van der Waals surface area contributed by atoms with E-state index in [2.05, 4.69) is 206 Å². The fourth-order valence-corrected chi connectivity index (χ4v) is 10.6. The van der Waals surface area contributed by atoms with Crippen molar-refractivity contribution in [3.05, 3.63) is 241 Å². The van der Waals surface area contributed by atoms with Gasteiger partial charge in [-0.1, -0.05) is 182 Å². The predicted molar refractivity (Wildman–Crippen MR) is 271 cm³/mol. The molecule has 0 bridgehead atoms. The minimum atomic E-state index is -0.0927. The Morgan fingerprint density at radius 2 is 0.734 bits per heavy atom. The molecule has 12 aromatic carbocycles. The van der Waals surface area contributed by atoms with E-state index in [0.29, 0.717) is 5.56 Å². The average molecular weight is 811 g/mol. The highest BCUT2D eigenvalue weighted by Gasteiger charge is 2.26. The Balaban J connectivity index is 1.03. The molecule has 0 fully saturated rings. The lowest BCUT2D eigenvalue weighted by Gasteiger charge is -2.30. The highest BCUT2D eigenvalue weighted by molar-refractivity contribution is 6.27. The summed E-state index contributed by atoms with van der Waals surface area (Å²) in [5, 5.41) is 31.2. The Labute approximate surface area is 370 Å². The van der Waals surface area contributed by atoms with Crippen LogP contribution in [0, 0.1) is 11.3 Å². The zero-order valence-electron chi connectivity index (χ0n) is 34.8. The van der Waals surface area contributed by atoms with Crippen molar-refractivity contribution >= 4 is 86.7 Å². The average Bonchev–Trinajstić information content (AvgIpc) is 3.38. The molecule has 1 heterocycles. The molecule has 0 aromatic heterocycles. The molecule has 0 aliphatic carbocycles. The Hall–Kier alpha value is -8.51. The fourth-order valence-electron chi connectivity index (χ4n) is 10.6. The van der Waals surface area contributed by atoms with E-state index in [-0.39, 0.29) is 6.04 Å². The van der Waals surface area contributed by atoms with Crippen LogP contribution in [0.1, 0.15) is 28.3 Å². The van der Waals surface area contributed by atoms with Gasteiger partial charge in [0.1, 0.15) is 0 Å². The fraction of sp³-hybridized carbons (Fsp3) is 0.0161. The number of nitriles is 1. The SMILES string of the molecule is N#Cc1ccc(-c2ccc(C3=CC(c4ccc5c6ccccc6c6ccccc6c5c4)Nc4c3cc(-c3ccc5c6ccccc6c6ccccc6c5c3)c3ccccc43)cc2)cc1. The van der Waals surface area contributed by atoms with E-state index < -0.39 is 0 Å². The van der Waals surface area contributed by atoms with Crippen LogP contribution in [0.3, 0.4) is 0 Å². The summed E-state index contributed by atoms with van der Waals surface area (Å²) in [6, 6.07) is 79.6. The predicted octanol–water partition coefficient (Wildman–Crippen LogP) is 16.6. The van der Waals surface area contributed by atoms with E-state index in [9.17, 15) is 5.26 Å². The van der Waals surface area contributed by atoms with E-state index in [0.717, 1.165) is 22.4 Å². The summed E-state index contributed by atoms with van der Waals surface area (Å²) < 4.78 is 0. The van der Waals surface area contributed by atoms with Crippen LogP contribution in [0.4, 0.5) is 5.69 Å². The number of rotatable bonds is 4. The van der Waals surface area contributed by atoms with Gasteiger partial charge in [-0.2, -0.15) is 5.26 Å². The third kappa shape index (κ3) is 5.58. The second-order valence-electron chi connectivity index (χ2n) is 17.1. The third-order valence-electron chi connectivity index (χ3n) is 13.7. The van der Waals surface area contributed by atoms with Crippen LogP contribution in [0.25, 0.3) is 103 Å². The first-order chi connectivity index (χ1) is 31.7. The zero-order chi connectivity index (χ0) is 42.3. The van der Waals surface area contributed by atoms with E-state index in [1.54, 1.807) is 0 Å². The Morgan fingerprint density at radius 3 is 1.27 bits per heavy atom. The monoisotopic (exact) mass is 810 g/mol. The number of nitrogens with zero attached hydrogens (tertiary/aromatic N) is 1. The van der Waals surface area contributed by atoms with E-state index in [1.165, 1.54) is 103 Å². The molecule has 2 nitrogen and oxygen atoms in total.